The lowest BCUT2D eigenvalue weighted by atomic mass is 9.95. The van der Waals surface area contributed by atoms with Crippen LogP contribution in [0.2, 0.25) is 0 Å². The van der Waals surface area contributed by atoms with Crippen molar-refractivity contribution in [1.29, 1.82) is 0 Å². The van der Waals surface area contributed by atoms with Gasteiger partial charge in [-0.1, -0.05) is 23.2 Å². The molecule has 0 N–H and O–H groups in total. The van der Waals surface area contributed by atoms with Crippen LogP contribution in [-0.4, -0.2) is 17.3 Å². The predicted molar refractivity (Wildman–Crippen MR) is 44.2 cm³/mol. The van der Waals surface area contributed by atoms with Crippen LogP contribution < -0.4 is 0 Å². The summed E-state index contributed by atoms with van der Waals surface area (Å²) >= 11 is 0. The maximum atomic E-state index is 2.79. The van der Waals surface area contributed by atoms with Crippen LogP contribution in [0, 0.1) is 11.8 Å². The molecule has 1 fully saturated rings. The van der Waals surface area contributed by atoms with E-state index >= 15 is 0 Å². The van der Waals surface area contributed by atoms with Gasteiger partial charge < -0.3 is 0 Å². The topological polar surface area (TPSA) is 3.24 Å². The Morgan fingerprint density at radius 2 is 1.89 bits per heavy atom. The van der Waals surface area contributed by atoms with E-state index in [1.807, 2.05) is 0 Å². The molecule has 1 nitrogen and oxygen atoms in total. The summed E-state index contributed by atoms with van der Waals surface area (Å²) in [6.45, 7) is 8.19. The van der Waals surface area contributed by atoms with Gasteiger partial charge in [0.15, 0.2) is 0 Å². The van der Waals surface area contributed by atoms with Gasteiger partial charge in [0.25, 0.3) is 0 Å². The quantitative estimate of drug-likeness (QED) is 0.469. The van der Waals surface area contributed by atoms with Gasteiger partial charge in [-0.25, -0.2) is 0 Å². The van der Waals surface area contributed by atoms with Crippen LogP contribution >= 0.6 is 9.39 Å². The maximum absolute atomic E-state index is 2.79. The molecule has 1 heterocycles. The summed E-state index contributed by atoms with van der Waals surface area (Å²) in [4.78, 5) is 0. The zero-order valence-corrected chi connectivity index (χ0v) is 7.62. The second-order valence-corrected chi connectivity index (χ2v) is 3.94. The van der Waals surface area contributed by atoms with Crippen LogP contribution in [0.15, 0.2) is 0 Å². The first-order valence-corrected chi connectivity index (χ1v) is 4.16. The Balaban J connectivity index is 2.54. The molecular formula is C7H16NP. The summed E-state index contributed by atoms with van der Waals surface area (Å²) in [5, 5.41) is 0. The molecule has 1 rings (SSSR count). The number of nitrogens with zero attached hydrogens (tertiary/aromatic N) is 1. The summed E-state index contributed by atoms with van der Waals surface area (Å²) < 4.78 is 2.36. The first-order chi connectivity index (χ1) is 4.13. The van der Waals surface area contributed by atoms with E-state index < -0.39 is 0 Å². The highest BCUT2D eigenvalue weighted by molar-refractivity contribution is 7.13. The molecule has 2 heteroatoms. The Kier molecular flexibility index (Phi) is 2.13. The summed E-state index contributed by atoms with van der Waals surface area (Å²) in [5.41, 5.74) is 0. The lowest BCUT2D eigenvalue weighted by molar-refractivity contribution is 0.394. The average molecular weight is 145 g/mol. The molecule has 4 atom stereocenters. The Morgan fingerprint density at radius 1 is 1.33 bits per heavy atom. The fourth-order valence-corrected chi connectivity index (χ4v) is 2.05. The van der Waals surface area contributed by atoms with Gasteiger partial charge in [-0.15, -0.1) is 0 Å². The minimum absolute atomic E-state index is 0.755. The van der Waals surface area contributed by atoms with Gasteiger partial charge in [0, 0.05) is 12.6 Å². The van der Waals surface area contributed by atoms with Gasteiger partial charge >= 0.3 is 0 Å². The van der Waals surface area contributed by atoms with E-state index in [0.29, 0.717) is 0 Å². The zero-order valence-electron chi connectivity index (χ0n) is 6.46. The highest BCUT2D eigenvalue weighted by Crippen LogP contribution is 2.30. The summed E-state index contributed by atoms with van der Waals surface area (Å²) in [6.07, 6.45) is 0. The fraction of sp³-hybridized carbons (Fsp3) is 1.00. The number of hydrogen-bond donors (Lipinski definition) is 0. The van der Waals surface area contributed by atoms with Crippen molar-refractivity contribution in [2.45, 2.75) is 26.8 Å². The third kappa shape index (κ3) is 1.28. The Morgan fingerprint density at radius 3 is 2.00 bits per heavy atom. The van der Waals surface area contributed by atoms with E-state index in [1.165, 1.54) is 6.54 Å². The third-order valence-electron chi connectivity index (χ3n) is 2.68. The van der Waals surface area contributed by atoms with Crippen LogP contribution in [0.4, 0.5) is 0 Å². The van der Waals surface area contributed by atoms with E-state index in [1.54, 1.807) is 0 Å². The van der Waals surface area contributed by atoms with Crippen LogP contribution in [0.5, 0.6) is 0 Å². The van der Waals surface area contributed by atoms with Crippen molar-refractivity contribution >= 4 is 9.39 Å². The number of hydrogen-bond acceptors (Lipinski definition) is 1. The van der Waals surface area contributed by atoms with Crippen LogP contribution in [0.25, 0.3) is 0 Å². The molecule has 0 aromatic rings. The molecule has 54 valence electrons. The van der Waals surface area contributed by atoms with Gasteiger partial charge in [-0.05, 0) is 18.8 Å². The van der Waals surface area contributed by atoms with Crippen molar-refractivity contribution in [3.8, 4) is 0 Å². The SMILES string of the molecule is C[C@H]1[C@@H](C)N(P)C[C@@H]1C. The van der Waals surface area contributed by atoms with Gasteiger partial charge in [-0.2, -0.15) is 0 Å². The maximum Gasteiger partial charge on any atom is 0.0130 e. The molecule has 9 heavy (non-hydrogen) atoms. The molecule has 1 unspecified atom stereocenters. The molecule has 1 aliphatic heterocycles. The summed E-state index contributed by atoms with van der Waals surface area (Å²) in [6, 6.07) is 0.755. The second kappa shape index (κ2) is 2.56. The number of rotatable bonds is 0. The van der Waals surface area contributed by atoms with Crippen molar-refractivity contribution in [3.05, 3.63) is 0 Å². The molecule has 0 spiro atoms. The van der Waals surface area contributed by atoms with Gasteiger partial charge in [-0.3, -0.25) is 4.67 Å². The van der Waals surface area contributed by atoms with Gasteiger partial charge in [0.1, 0.15) is 0 Å². The largest absolute Gasteiger partial charge is 0.284 e. The summed E-state index contributed by atoms with van der Waals surface area (Å²) in [5.74, 6) is 1.74. The lowest BCUT2D eigenvalue weighted by Crippen LogP contribution is -2.18. The predicted octanol–water partition coefficient (Wildman–Crippen LogP) is 1.75. The molecule has 0 saturated carbocycles. The zero-order chi connectivity index (χ0) is 7.02. The van der Waals surface area contributed by atoms with E-state index in [-0.39, 0.29) is 0 Å². The lowest BCUT2D eigenvalue weighted by Gasteiger charge is -2.16. The molecule has 1 aliphatic rings. The molecule has 1 saturated heterocycles. The normalized spacial score (nSPS) is 46.0. The van der Waals surface area contributed by atoms with Crippen LogP contribution in [0.1, 0.15) is 20.8 Å². The molecule has 0 radical (unpaired) electrons. The fourth-order valence-electron chi connectivity index (χ4n) is 1.44. The molecule has 0 amide bonds. The highest BCUT2D eigenvalue weighted by Gasteiger charge is 2.30. The van der Waals surface area contributed by atoms with Crippen molar-refractivity contribution in [3.63, 3.8) is 0 Å². The minimum atomic E-state index is 0.755. The minimum Gasteiger partial charge on any atom is -0.284 e. The van der Waals surface area contributed by atoms with Gasteiger partial charge in [0.2, 0.25) is 0 Å². The van der Waals surface area contributed by atoms with Crippen molar-refractivity contribution < 1.29 is 0 Å². The van der Waals surface area contributed by atoms with Crippen LogP contribution in [-0.2, 0) is 0 Å². The van der Waals surface area contributed by atoms with E-state index in [4.69, 9.17) is 0 Å². The van der Waals surface area contributed by atoms with E-state index in [9.17, 15) is 0 Å². The highest BCUT2D eigenvalue weighted by atomic mass is 31.0. The molecule has 0 bridgehead atoms. The smallest absolute Gasteiger partial charge is 0.0130 e. The van der Waals surface area contributed by atoms with Crippen molar-refractivity contribution in [1.82, 2.24) is 4.67 Å². The van der Waals surface area contributed by atoms with Crippen molar-refractivity contribution in [2.75, 3.05) is 6.54 Å². The molecular weight excluding hydrogens is 129 g/mol. The van der Waals surface area contributed by atoms with Gasteiger partial charge in [0.05, 0.1) is 0 Å². The first kappa shape index (κ1) is 7.50. The van der Waals surface area contributed by atoms with E-state index in [0.717, 1.165) is 17.9 Å². The second-order valence-electron chi connectivity index (χ2n) is 3.27. The van der Waals surface area contributed by atoms with Crippen molar-refractivity contribution in [2.24, 2.45) is 11.8 Å². The first-order valence-electron chi connectivity index (χ1n) is 3.64. The molecule has 0 aromatic carbocycles. The molecule has 0 aliphatic carbocycles. The summed E-state index contributed by atoms with van der Waals surface area (Å²) in [7, 11) is 2.79. The Labute approximate surface area is 60.1 Å². The standard InChI is InChI=1S/C7H16NP/c1-5-4-8(9)7(3)6(5)2/h5-7H,4,9H2,1-3H3/t5-,6+,7+/m0/s1. The van der Waals surface area contributed by atoms with E-state index in [2.05, 4.69) is 34.8 Å². The van der Waals surface area contributed by atoms with Crippen LogP contribution in [0.3, 0.4) is 0 Å². The Bertz CT molecular complexity index is 93.1. The third-order valence-corrected chi connectivity index (χ3v) is 3.36. The Hall–Kier alpha value is 0.390. The average Bonchev–Trinajstić information content (AvgIpc) is 1.98. The molecule has 0 aromatic heterocycles. The monoisotopic (exact) mass is 145 g/mol.